The summed E-state index contributed by atoms with van der Waals surface area (Å²) in [6.07, 6.45) is 2.77. The maximum atomic E-state index is 13.5. The van der Waals surface area contributed by atoms with E-state index in [1.54, 1.807) is 49.4 Å². The number of fused-ring (bicyclic) bond motifs is 1. The molecular formula is C26H21NO5S. The monoisotopic (exact) mass is 459 g/mol. The number of furan rings is 1. The lowest BCUT2D eigenvalue weighted by Gasteiger charge is -2.21. The van der Waals surface area contributed by atoms with Crippen molar-refractivity contribution in [3.63, 3.8) is 0 Å². The predicted octanol–water partition coefficient (Wildman–Crippen LogP) is 5.38. The molecule has 0 aliphatic heterocycles. The van der Waals surface area contributed by atoms with Gasteiger partial charge < -0.3 is 4.42 Å². The minimum atomic E-state index is -4.24. The Bertz CT molecular complexity index is 1470. The summed E-state index contributed by atoms with van der Waals surface area (Å²) in [4.78, 5) is 25.4. The summed E-state index contributed by atoms with van der Waals surface area (Å²) < 4.78 is 33.4. The summed E-state index contributed by atoms with van der Waals surface area (Å²) >= 11 is 0. The van der Waals surface area contributed by atoms with E-state index in [2.05, 4.69) is 0 Å². The van der Waals surface area contributed by atoms with Gasteiger partial charge in [0.05, 0.1) is 16.1 Å². The van der Waals surface area contributed by atoms with Crippen LogP contribution in [0.1, 0.15) is 28.6 Å². The van der Waals surface area contributed by atoms with Crippen molar-refractivity contribution in [2.24, 2.45) is 0 Å². The molecule has 0 radical (unpaired) electrons. The predicted molar refractivity (Wildman–Crippen MR) is 128 cm³/mol. The molecule has 7 heteroatoms. The SMILES string of the molecule is CC(=O)c1c(C)oc2ccc(N(C(=O)/C=C/c3ccccc3)S(=O)(=O)c3ccccc3)cc12. The number of sulfonamides is 1. The highest BCUT2D eigenvalue weighted by atomic mass is 32.2. The molecule has 33 heavy (non-hydrogen) atoms. The van der Waals surface area contributed by atoms with Gasteiger partial charge in [0.2, 0.25) is 0 Å². The molecule has 6 nitrogen and oxygen atoms in total. The zero-order valence-corrected chi connectivity index (χ0v) is 18.9. The molecule has 0 aliphatic carbocycles. The average Bonchev–Trinajstić information content (AvgIpc) is 3.14. The van der Waals surface area contributed by atoms with Crippen molar-refractivity contribution in [2.45, 2.75) is 18.7 Å². The number of Topliss-reactive ketones (excluding diaryl/α,β-unsaturated/α-hetero) is 1. The molecule has 4 rings (SSSR count). The Labute approximate surface area is 191 Å². The van der Waals surface area contributed by atoms with Crippen LogP contribution in [-0.4, -0.2) is 20.1 Å². The fraction of sp³-hybridized carbons (Fsp3) is 0.0769. The Kier molecular flexibility index (Phi) is 5.98. The van der Waals surface area contributed by atoms with Gasteiger partial charge in [-0.25, -0.2) is 8.42 Å². The lowest BCUT2D eigenvalue weighted by Crippen LogP contribution is -2.35. The number of hydrogen-bond donors (Lipinski definition) is 0. The summed E-state index contributed by atoms with van der Waals surface area (Å²) in [6, 6.07) is 21.4. The topological polar surface area (TPSA) is 84.7 Å². The van der Waals surface area contributed by atoms with Gasteiger partial charge in [0, 0.05) is 11.5 Å². The van der Waals surface area contributed by atoms with E-state index in [9.17, 15) is 18.0 Å². The van der Waals surface area contributed by atoms with Crippen LogP contribution in [0.5, 0.6) is 0 Å². The molecule has 0 fully saturated rings. The average molecular weight is 460 g/mol. The van der Waals surface area contributed by atoms with E-state index in [4.69, 9.17) is 4.42 Å². The molecule has 0 aliphatic rings. The van der Waals surface area contributed by atoms with Gasteiger partial charge >= 0.3 is 0 Å². The van der Waals surface area contributed by atoms with Crippen LogP contribution in [0.25, 0.3) is 17.0 Å². The minimum Gasteiger partial charge on any atom is -0.461 e. The number of carbonyl (C=O) groups excluding carboxylic acids is 2. The van der Waals surface area contributed by atoms with Crippen molar-refractivity contribution in [3.05, 3.63) is 102 Å². The van der Waals surface area contributed by atoms with Crippen LogP contribution in [0.4, 0.5) is 5.69 Å². The van der Waals surface area contributed by atoms with E-state index in [0.717, 1.165) is 9.87 Å². The van der Waals surface area contributed by atoms with E-state index in [-0.39, 0.29) is 16.4 Å². The van der Waals surface area contributed by atoms with E-state index < -0.39 is 15.9 Å². The first-order chi connectivity index (χ1) is 15.8. The van der Waals surface area contributed by atoms with Crippen LogP contribution in [0.3, 0.4) is 0 Å². The molecule has 166 valence electrons. The van der Waals surface area contributed by atoms with Crippen LogP contribution in [0, 0.1) is 6.92 Å². The molecule has 0 saturated carbocycles. The van der Waals surface area contributed by atoms with Crippen molar-refractivity contribution in [1.29, 1.82) is 0 Å². The minimum absolute atomic E-state index is 0.0262. The fourth-order valence-electron chi connectivity index (χ4n) is 3.65. The fourth-order valence-corrected chi connectivity index (χ4v) is 5.05. The zero-order valence-electron chi connectivity index (χ0n) is 18.1. The third-order valence-corrected chi connectivity index (χ3v) is 6.87. The molecule has 0 bridgehead atoms. The quantitative estimate of drug-likeness (QED) is 0.286. The number of benzene rings is 3. The number of amides is 1. The van der Waals surface area contributed by atoms with Gasteiger partial charge in [-0.2, -0.15) is 4.31 Å². The Hall–Kier alpha value is -3.97. The first-order valence-corrected chi connectivity index (χ1v) is 11.6. The first-order valence-electron chi connectivity index (χ1n) is 10.2. The molecule has 0 saturated heterocycles. The van der Waals surface area contributed by atoms with Crippen molar-refractivity contribution in [1.82, 2.24) is 0 Å². The van der Waals surface area contributed by atoms with E-state index >= 15 is 0 Å². The van der Waals surface area contributed by atoms with Gasteiger partial charge in [-0.3, -0.25) is 9.59 Å². The van der Waals surface area contributed by atoms with E-state index in [1.807, 2.05) is 18.2 Å². The molecule has 1 amide bonds. The zero-order chi connectivity index (χ0) is 23.6. The van der Waals surface area contributed by atoms with Gasteiger partial charge in [-0.15, -0.1) is 0 Å². The van der Waals surface area contributed by atoms with Crippen LogP contribution in [0.2, 0.25) is 0 Å². The Morgan fingerprint density at radius 3 is 2.18 bits per heavy atom. The molecule has 1 aromatic heterocycles. The van der Waals surface area contributed by atoms with Crippen LogP contribution in [0.15, 0.2) is 94.3 Å². The summed E-state index contributed by atoms with van der Waals surface area (Å²) in [5.41, 5.74) is 1.65. The van der Waals surface area contributed by atoms with Crippen LogP contribution >= 0.6 is 0 Å². The van der Waals surface area contributed by atoms with Crippen molar-refractivity contribution in [2.75, 3.05) is 4.31 Å². The second-order valence-corrected chi connectivity index (χ2v) is 9.22. The molecular weight excluding hydrogens is 438 g/mol. The number of ketones is 1. The molecule has 4 aromatic rings. The Balaban J connectivity index is 1.87. The lowest BCUT2D eigenvalue weighted by atomic mass is 10.1. The van der Waals surface area contributed by atoms with Crippen molar-refractivity contribution in [3.8, 4) is 0 Å². The molecule has 0 unspecified atom stereocenters. The van der Waals surface area contributed by atoms with Gasteiger partial charge in [-0.1, -0.05) is 48.5 Å². The number of hydrogen-bond acceptors (Lipinski definition) is 5. The normalized spacial score (nSPS) is 11.7. The summed E-state index contributed by atoms with van der Waals surface area (Å²) in [5, 5.41) is 0.450. The van der Waals surface area contributed by atoms with Gasteiger partial charge in [0.15, 0.2) is 5.78 Å². The second kappa shape index (κ2) is 8.88. The molecule has 0 N–H and O–H groups in total. The highest BCUT2D eigenvalue weighted by Gasteiger charge is 2.30. The number of rotatable bonds is 6. The van der Waals surface area contributed by atoms with Gasteiger partial charge in [-0.05, 0) is 55.8 Å². The van der Waals surface area contributed by atoms with E-state index in [0.29, 0.717) is 22.3 Å². The van der Waals surface area contributed by atoms with Crippen LogP contribution in [-0.2, 0) is 14.8 Å². The van der Waals surface area contributed by atoms with Gasteiger partial charge in [0.25, 0.3) is 15.9 Å². The smallest absolute Gasteiger partial charge is 0.271 e. The lowest BCUT2D eigenvalue weighted by molar-refractivity contribution is -0.113. The third kappa shape index (κ3) is 4.36. The van der Waals surface area contributed by atoms with Crippen molar-refractivity contribution >= 4 is 44.4 Å². The first kappa shape index (κ1) is 22.2. The largest absolute Gasteiger partial charge is 0.461 e. The maximum absolute atomic E-state index is 13.5. The van der Waals surface area contributed by atoms with Gasteiger partial charge in [0.1, 0.15) is 11.3 Å². The highest BCUT2D eigenvalue weighted by molar-refractivity contribution is 7.93. The summed E-state index contributed by atoms with van der Waals surface area (Å²) in [5.74, 6) is -0.523. The second-order valence-electron chi connectivity index (χ2n) is 7.43. The standard InChI is InChI=1S/C26H21NO5S/c1-18(28)26-19(2)32-24-15-14-21(17-23(24)26)27(33(30,31)22-11-7-4-8-12-22)25(29)16-13-20-9-5-3-6-10-20/h3-17H,1-2H3/b16-13+. The molecule has 0 spiro atoms. The van der Waals surface area contributed by atoms with Crippen molar-refractivity contribution < 1.29 is 22.4 Å². The summed E-state index contributed by atoms with van der Waals surface area (Å²) in [7, 11) is -4.24. The van der Waals surface area contributed by atoms with E-state index in [1.165, 1.54) is 37.3 Å². The summed E-state index contributed by atoms with van der Waals surface area (Å²) in [6.45, 7) is 3.08. The molecule has 0 atom stereocenters. The van der Waals surface area contributed by atoms with Crippen LogP contribution < -0.4 is 4.31 Å². The molecule has 3 aromatic carbocycles. The number of nitrogens with zero attached hydrogens (tertiary/aromatic N) is 1. The third-order valence-electron chi connectivity index (χ3n) is 5.13. The number of aryl methyl sites for hydroxylation is 1. The highest BCUT2D eigenvalue weighted by Crippen LogP contribution is 2.32. The Morgan fingerprint density at radius 1 is 0.909 bits per heavy atom. The number of carbonyl (C=O) groups is 2. The molecule has 1 heterocycles. The Morgan fingerprint density at radius 2 is 1.55 bits per heavy atom. The number of anilines is 1. The maximum Gasteiger partial charge on any atom is 0.271 e.